The maximum Gasteiger partial charge on any atom is 0.173 e. The van der Waals surface area contributed by atoms with Gasteiger partial charge in [-0.3, -0.25) is 0 Å². The number of ether oxygens (including phenoxy) is 1. The van der Waals surface area contributed by atoms with E-state index in [2.05, 4.69) is 5.32 Å². The van der Waals surface area contributed by atoms with Gasteiger partial charge in [-0.2, -0.15) is 0 Å². The third-order valence-corrected chi connectivity index (χ3v) is 4.15. The van der Waals surface area contributed by atoms with Crippen LogP contribution in [-0.2, 0) is 6.54 Å². The summed E-state index contributed by atoms with van der Waals surface area (Å²) in [6.45, 7) is 0.527. The molecule has 3 aromatic carbocycles. The Labute approximate surface area is 158 Å². The number of rotatable bonds is 5. The highest BCUT2D eigenvalue weighted by atomic mass is 32.1. The van der Waals surface area contributed by atoms with Crippen LogP contribution in [0, 0.1) is 5.82 Å². The number of para-hydroxylation sites is 1. The van der Waals surface area contributed by atoms with Crippen LogP contribution in [0.5, 0.6) is 11.5 Å². The minimum absolute atomic E-state index is 0.246. The molecule has 0 atom stereocenters. The van der Waals surface area contributed by atoms with Crippen LogP contribution in [0.3, 0.4) is 0 Å². The van der Waals surface area contributed by atoms with Gasteiger partial charge in [0.1, 0.15) is 17.3 Å². The number of nitrogens with one attached hydrogen (secondary N) is 1. The van der Waals surface area contributed by atoms with Gasteiger partial charge in [-0.05, 0) is 66.3 Å². The lowest BCUT2D eigenvalue weighted by Gasteiger charge is -2.21. The molecule has 0 heterocycles. The van der Waals surface area contributed by atoms with Gasteiger partial charge in [0.25, 0.3) is 0 Å². The van der Waals surface area contributed by atoms with Crippen LogP contribution in [0.15, 0.2) is 78.9 Å². The maximum atomic E-state index is 13.3. The van der Waals surface area contributed by atoms with Gasteiger partial charge < -0.3 is 15.0 Å². The molecule has 3 nitrogen and oxygen atoms in total. The number of hydrogen-bond donors (Lipinski definition) is 1. The van der Waals surface area contributed by atoms with E-state index in [1.54, 1.807) is 6.07 Å². The van der Waals surface area contributed by atoms with Gasteiger partial charge in [0, 0.05) is 19.3 Å². The molecule has 0 aromatic heterocycles. The van der Waals surface area contributed by atoms with Crippen molar-refractivity contribution in [2.75, 3.05) is 12.4 Å². The first kappa shape index (κ1) is 17.9. The van der Waals surface area contributed by atoms with Crippen molar-refractivity contribution in [2.24, 2.45) is 0 Å². The molecular weight excluding hydrogens is 347 g/mol. The zero-order chi connectivity index (χ0) is 18.4. The number of anilines is 1. The fraction of sp³-hybridized carbons (Fsp3) is 0.0952. The van der Waals surface area contributed by atoms with E-state index in [0.29, 0.717) is 11.7 Å². The Kier molecular flexibility index (Phi) is 5.81. The molecule has 0 unspecified atom stereocenters. The fourth-order valence-corrected chi connectivity index (χ4v) is 2.61. The molecule has 0 aliphatic carbocycles. The predicted octanol–water partition coefficient (Wildman–Crippen LogP) is 5.45. The van der Waals surface area contributed by atoms with E-state index in [4.69, 9.17) is 17.0 Å². The largest absolute Gasteiger partial charge is 0.457 e. The van der Waals surface area contributed by atoms with E-state index in [9.17, 15) is 4.39 Å². The van der Waals surface area contributed by atoms with Crippen LogP contribution in [0.2, 0.25) is 0 Å². The number of nitrogens with zero attached hydrogens (tertiary/aromatic N) is 1. The van der Waals surface area contributed by atoms with Crippen LogP contribution < -0.4 is 10.1 Å². The van der Waals surface area contributed by atoms with Gasteiger partial charge in [0.15, 0.2) is 5.11 Å². The lowest BCUT2D eigenvalue weighted by Crippen LogP contribution is -2.30. The van der Waals surface area contributed by atoms with Crippen LogP contribution in [0.25, 0.3) is 0 Å². The molecule has 0 aliphatic rings. The van der Waals surface area contributed by atoms with Gasteiger partial charge in [0.2, 0.25) is 0 Å². The molecule has 0 bridgehead atoms. The van der Waals surface area contributed by atoms with Gasteiger partial charge >= 0.3 is 0 Å². The normalized spacial score (nSPS) is 10.2. The Morgan fingerprint density at radius 3 is 2.35 bits per heavy atom. The van der Waals surface area contributed by atoms with Crippen molar-refractivity contribution in [2.45, 2.75) is 6.54 Å². The third-order valence-electron chi connectivity index (χ3n) is 3.74. The highest BCUT2D eigenvalue weighted by Crippen LogP contribution is 2.22. The predicted molar refractivity (Wildman–Crippen MR) is 107 cm³/mol. The topological polar surface area (TPSA) is 24.5 Å². The summed E-state index contributed by atoms with van der Waals surface area (Å²) in [7, 11) is 1.87. The molecular formula is C21H19FN2OS. The summed E-state index contributed by atoms with van der Waals surface area (Å²) >= 11 is 5.42. The number of benzene rings is 3. The summed E-state index contributed by atoms with van der Waals surface area (Å²) in [5, 5.41) is 3.74. The quantitative estimate of drug-likeness (QED) is 0.607. The molecule has 5 heteroatoms. The zero-order valence-electron chi connectivity index (χ0n) is 14.4. The van der Waals surface area contributed by atoms with E-state index >= 15 is 0 Å². The Balaban J connectivity index is 1.57. The first-order valence-electron chi connectivity index (χ1n) is 8.20. The van der Waals surface area contributed by atoms with E-state index in [1.165, 1.54) is 12.1 Å². The van der Waals surface area contributed by atoms with E-state index in [1.807, 2.05) is 72.6 Å². The standard InChI is InChI=1S/C21H19FN2OS/c1-24(15-16-6-5-7-17(22)14-16)21(26)23-18-10-12-20(13-11-18)25-19-8-3-2-4-9-19/h2-14H,15H2,1H3,(H,23,26). The molecule has 0 radical (unpaired) electrons. The Morgan fingerprint density at radius 1 is 0.962 bits per heavy atom. The van der Waals surface area contributed by atoms with Crippen LogP contribution in [0.4, 0.5) is 10.1 Å². The Hall–Kier alpha value is -2.92. The first-order valence-corrected chi connectivity index (χ1v) is 8.60. The Bertz CT molecular complexity index is 869. The molecule has 1 N–H and O–H groups in total. The maximum absolute atomic E-state index is 13.3. The first-order chi connectivity index (χ1) is 12.6. The van der Waals surface area contributed by atoms with E-state index < -0.39 is 0 Å². The van der Waals surface area contributed by atoms with Crippen molar-refractivity contribution in [3.63, 3.8) is 0 Å². The minimum Gasteiger partial charge on any atom is -0.457 e. The third kappa shape index (κ3) is 5.04. The van der Waals surface area contributed by atoms with Crippen LogP contribution in [-0.4, -0.2) is 17.1 Å². The Morgan fingerprint density at radius 2 is 1.65 bits per heavy atom. The van der Waals surface area contributed by atoms with Gasteiger partial charge in [0.05, 0.1) is 0 Å². The molecule has 0 spiro atoms. The average molecular weight is 366 g/mol. The molecule has 3 rings (SSSR count). The fourth-order valence-electron chi connectivity index (χ4n) is 2.43. The molecule has 0 fully saturated rings. The average Bonchev–Trinajstić information content (AvgIpc) is 2.64. The van der Waals surface area contributed by atoms with Crippen molar-refractivity contribution in [3.8, 4) is 11.5 Å². The second-order valence-electron chi connectivity index (χ2n) is 5.86. The second kappa shape index (κ2) is 8.45. The molecule has 26 heavy (non-hydrogen) atoms. The SMILES string of the molecule is CN(Cc1cccc(F)c1)C(=S)Nc1ccc(Oc2ccccc2)cc1. The van der Waals surface area contributed by atoms with E-state index in [0.717, 1.165) is 22.7 Å². The van der Waals surface area contributed by atoms with Gasteiger partial charge in [-0.1, -0.05) is 30.3 Å². The van der Waals surface area contributed by atoms with Crippen LogP contribution in [0.1, 0.15) is 5.56 Å². The molecule has 0 aliphatic heterocycles. The molecule has 0 saturated carbocycles. The van der Waals surface area contributed by atoms with Crippen LogP contribution >= 0.6 is 12.2 Å². The number of thiocarbonyl (C=S) groups is 1. The summed E-state index contributed by atoms with van der Waals surface area (Å²) in [4.78, 5) is 1.86. The highest BCUT2D eigenvalue weighted by Gasteiger charge is 2.07. The number of hydrogen-bond acceptors (Lipinski definition) is 2. The second-order valence-corrected chi connectivity index (χ2v) is 6.24. The smallest absolute Gasteiger partial charge is 0.173 e. The van der Waals surface area contributed by atoms with Crippen molar-refractivity contribution in [1.29, 1.82) is 0 Å². The molecule has 0 amide bonds. The van der Waals surface area contributed by atoms with Gasteiger partial charge in [-0.15, -0.1) is 0 Å². The summed E-state index contributed by atoms with van der Waals surface area (Å²) in [5.74, 6) is 1.29. The monoisotopic (exact) mass is 366 g/mol. The molecule has 3 aromatic rings. The molecule has 0 saturated heterocycles. The number of halogens is 1. The van der Waals surface area contributed by atoms with Crippen molar-refractivity contribution < 1.29 is 9.13 Å². The lowest BCUT2D eigenvalue weighted by molar-refractivity contribution is 0.483. The summed E-state index contributed by atoms with van der Waals surface area (Å²) < 4.78 is 19.1. The van der Waals surface area contributed by atoms with Crippen molar-refractivity contribution in [3.05, 3.63) is 90.2 Å². The molecule has 132 valence electrons. The summed E-state index contributed by atoms with van der Waals surface area (Å²) in [6.07, 6.45) is 0. The van der Waals surface area contributed by atoms with Crippen molar-refractivity contribution >= 4 is 23.0 Å². The highest BCUT2D eigenvalue weighted by molar-refractivity contribution is 7.80. The lowest BCUT2D eigenvalue weighted by atomic mass is 10.2. The van der Waals surface area contributed by atoms with Crippen molar-refractivity contribution in [1.82, 2.24) is 4.90 Å². The minimum atomic E-state index is -0.246. The summed E-state index contributed by atoms with van der Waals surface area (Å²) in [6, 6.07) is 23.7. The summed E-state index contributed by atoms with van der Waals surface area (Å²) in [5.41, 5.74) is 1.73. The zero-order valence-corrected chi connectivity index (χ0v) is 15.2. The van der Waals surface area contributed by atoms with Gasteiger partial charge in [-0.25, -0.2) is 4.39 Å². The van der Waals surface area contributed by atoms with E-state index in [-0.39, 0.29) is 5.82 Å².